The molecule has 0 spiro atoms. The van der Waals surface area contributed by atoms with Gasteiger partial charge in [0.15, 0.2) is 17.0 Å². The summed E-state index contributed by atoms with van der Waals surface area (Å²) in [6.07, 6.45) is 0.375. The number of urea groups is 1. The number of ether oxygens (including phenoxy) is 2. The van der Waals surface area contributed by atoms with Gasteiger partial charge in [0.25, 0.3) is 5.91 Å². The van der Waals surface area contributed by atoms with Gasteiger partial charge in [-0.15, -0.1) is 0 Å². The second-order valence-electron chi connectivity index (χ2n) is 7.44. The van der Waals surface area contributed by atoms with Crippen LogP contribution in [0.4, 0.5) is 4.79 Å². The Bertz CT molecular complexity index is 1100. The Morgan fingerprint density at radius 1 is 0.833 bits per heavy atom. The predicted molar refractivity (Wildman–Crippen MR) is 110 cm³/mol. The van der Waals surface area contributed by atoms with Gasteiger partial charge in [-0.2, -0.15) is 0 Å². The van der Waals surface area contributed by atoms with Crippen LogP contribution in [0.2, 0.25) is 0 Å². The maximum Gasteiger partial charge on any atom is 0.325 e. The van der Waals surface area contributed by atoms with Gasteiger partial charge < -0.3 is 14.8 Å². The summed E-state index contributed by atoms with van der Waals surface area (Å²) >= 11 is 0. The Balaban J connectivity index is 1.49. The number of nitrogens with one attached hydrogen (secondary N) is 1. The SMILES string of the molecule is O=C1N[C@](Cc2ccccc2)(c2ccccc2)C(=O)N1Cc1ccc2c(c1)OCO2. The molecule has 0 aliphatic carbocycles. The molecule has 3 aromatic rings. The fourth-order valence-corrected chi connectivity index (χ4v) is 4.03. The summed E-state index contributed by atoms with van der Waals surface area (Å²) in [5, 5.41) is 2.99. The first-order valence-electron chi connectivity index (χ1n) is 9.78. The molecular formula is C24H20N2O4. The Labute approximate surface area is 174 Å². The van der Waals surface area contributed by atoms with Crippen molar-refractivity contribution in [2.75, 3.05) is 6.79 Å². The number of carbonyl (C=O) groups is 2. The van der Waals surface area contributed by atoms with Crippen LogP contribution in [-0.4, -0.2) is 23.6 Å². The molecule has 3 amide bonds. The van der Waals surface area contributed by atoms with Crippen molar-refractivity contribution < 1.29 is 19.1 Å². The molecule has 0 unspecified atom stereocenters. The second kappa shape index (κ2) is 7.22. The van der Waals surface area contributed by atoms with Gasteiger partial charge in [0.2, 0.25) is 6.79 Å². The Hall–Kier alpha value is -3.80. The molecule has 0 saturated carbocycles. The average Bonchev–Trinajstić information content (AvgIpc) is 3.34. The zero-order valence-electron chi connectivity index (χ0n) is 16.2. The normalized spacial score (nSPS) is 19.8. The van der Waals surface area contributed by atoms with Gasteiger partial charge in [-0.3, -0.25) is 9.69 Å². The fourth-order valence-electron chi connectivity index (χ4n) is 4.03. The number of benzene rings is 3. The quantitative estimate of drug-likeness (QED) is 0.665. The third-order valence-corrected chi connectivity index (χ3v) is 5.53. The first kappa shape index (κ1) is 18.2. The number of carbonyl (C=O) groups excluding carboxylic acids is 2. The van der Waals surface area contributed by atoms with Crippen molar-refractivity contribution in [1.29, 1.82) is 0 Å². The molecule has 1 fully saturated rings. The van der Waals surface area contributed by atoms with Gasteiger partial charge in [-0.25, -0.2) is 4.79 Å². The van der Waals surface area contributed by atoms with Crippen LogP contribution in [0.3, 0.4) is 0 Å². The molecule has 1 saturated heterocycles. The minimum Gasteiger partial charge on any atom is -0.454 e. The standard InChI is InChI=1S/C24H20N2O4/c27-22-24(19-9-5-2-6-10-19,14-17-7-3-1-4-8-17)25-23(28)26(22)15-18-11-12-20-21(13-18)30-16-29-20/h1-13H,14-16H2,(H,25,28)/t24-/m1/s1. The number of nitrogens with zero attached hydrogens (tertiary/aromatic N) is 1. The van der Waals surface area contributed by atoms with Crippen molar-refractivity contribution >= 4 is 11.9 Å². The van der Waals surface area contributed by atoms with E-state index < -0.39 is 11.6 Å². The molecule has 6 nitrogen and oxygen atoms in total. The molecule has 3 aromatic carbocycles. The number of hydrogen-bond acceptors (Lipinski definition) is 4. The van der Waals surface area contributed by atoms with Crippen molar-refractivity contribution in [3.63, 3.8) is 0 Å². The van der Waals surface area contributed by atoms with Gasteiger partial charge in [-0.05, 0) is 28.8 Å². The molecular weight excluding hydrogens is 380 g/mol. The maximum absolute atomic E-state index is 13.7. The molecule has 2 aliphatic rings. The Morgan fingerprint density at radius 3 is 2.30 bits per heavy atom. The smallest absolute Gasteiger partial charge is 0.325 e. The van der Waals surface area contributed by atoms with Crippen LogP contribution in [0.5, 0.6) is 11.5 Å². The highest BCUT2D eigenvalue weighted by Crippen LogP contribution is 2.36. The van der Waals surface area contributed by atoms with E-state index in [9.17, 15) is 9.59 Å². The van der Waals surface area contributed by atoms with Crippen molar-refractivity contribution in [2.24, 2.45) is 0 Å². The summed E-state index contributed by atoms with van der Waals surface area (Å²) in [7, 11) is 0. The first-order chi connectivity index (χ1) is 14.7. The summed E-state index contributed by atoms with van der Waals surface area (Å²) in [5.74, 6) is 1.03. The minimum absolute atomic E-state index is 0.157. The molecule has 0 bridgehead atoms. The number of rotatable bonds is 5. The summed E-state index contributed by atoms with van der Waals surface area (Å²) in [6, 6.07) is 24.2. The van der Waals surface area contributed by atoms with Crippen LogP contribution in [0.25, 0.3) is 0 Å². The highest BCUT2D eigenvalue weighted by Gasteiger charge is 2.52. The summed E-state index contributed by atoms with van der Waals surface area (Å²) < 4.78 is 10.8. The average molecular weight is 400 g/mol. The predicted octanol–water partition coefficient (Wildman–Crippen LogP) is 3.61. The van der Waals surface area contributed by atoms with Crippen LogP contribution in [0.15, 0.2) is 78.9 Å². The lowest BCUT2D eigenvalue weighted by Gasteiger charge is -2.27. The maximum atomic E-state index is 13.7. The van der Waals surface area contributed by atoms with Crippen LogP contribution in [-0.2, 0) is 23.3 Å². The lowest BCUT2D eigenvalue weighted by Crippen LogP contribution is -2.46. The monoisotopic (exact) mass is 400 g/mol. The van der Waals surface area contributed by atoms with Crippen molar-refractivity contribution in [3.05, 3.63) is 95.6 Å². The highest BCUT2D eigenvalue weighted by molar-refractivity contribution is 6.07. The molecule has 0 aromatic heterocycles. The van der Waals surface area contributed by atoms with Crippen LogP contribution in [0.1, 0.15) is 16.7 Å². The molecule has 30 heavy (non-hydrogen) atoms. The van der Waals surface area contributed by atoms with E-state index in [1.54, 1.807) is 6.07 Å². The van der Waals surface area contributed by atoms with E-state index in [2.05, 4.69) is 5.32 Å². The van der Waals surface area contributed by atoms with Crippen molar-refractivity contribution in [3.8, 4) is 11.5 Å². The van der Waals surface area contributed by atoms with E-state index >= 15 is 0 Å². The molecule has 1 N–H and O–H groups in total. The van der Waals surface area contributed by atoms with Crippen molar-refractivity contribution in [2.45, 2.75) is 18.5 Å². The third kappa shape index (κ3) is 3.06. The lowest BCUT2D eigenvalue weighted by molar-refractivity contribution is -0.132. The topological polar surface area (TPSA) is 67.9 Å². The number of fused-ring (bicyclic) bond motifs is 1. The summed E-state index contributed by atoms with van der Waals surface area (Å²) in [5.41, 5.74) is 1.39. The number of amides is 3. The van der Waals surface area contributed by atoms with Gasteiger partial charge in [0.1, 0.15) is 0 Å². The molecule has 6 heteroatoms. The molecule has 5 rings (SSSR count). The third-order valence-electron chi connectivity index (χ3n) is 5.53. The van der Waals surface area contributed by atoms with Crippen molar-refractivity contribution in [1.82, 2.24) is 10.2 Å². The Kier molecular flexibility index (Phi) is 4.39. The van der Waals surface area contributed by atoms with E-state index in [0.29, 0.717) is 17.9 Å². The van der Waals surface area contributed by atoms with Crippen LogP contribution in [0, 0.1) is 0 Å². The summed E-state index contributed by atoms with van der Waals surface area (Å²) in [6.45, 7) is 0.334. The van der Waals surface area contributed by atoms with Gasteiger partial charge in [0, 0.05) is 6.42 Å². The number of hydrogen-bond donors (Lipinski definition) is 1. The van der Waals surface area contributed by atoms with E-state index in [-0.39, 0.29) is 19.2 Å². The lowest BCUT2D eigenvalue weighted by atomic mass is 9.83. The van der Waals surface area contributed by atoms with Gasteiger partial charge in [0.05, 0.1) is 6.54 Å². The van der Waals surface area contributed by atoms with Gasteiger partial charge in [-0.1, -0.05) is 66.7 Å². The van der Waals surface area contributed by atoms with Crippen LogP contribution >= 0.6 is 0 Å². The van der Waals surface area contributed by atoms with E-state index in [4.69, 9.17) is 9.47 Å². The molecule has 2 aliphatic heterocycles. The second-order valence-corrected chi connectivity index (χ2v) is 7.44. The van der Waals surface area contributed by atoms with Gasteiger partial charge >= 0.3 is 6.03 Å². The minimum atomic E-state index is -1.14. The number of imide groups is 1. The zero-order valence-corrected chi connectivity index (χ0v) is 16.2. The molecule has 150 valence electrons. The summed E-state index contributed by atoms with van der Waals surface area (Å²) in [4.78, 5) is 27.9. The highest BCUT2D eigenvalue weighted by atomic mass is 16.7. The first-order valence-corrected chi connectivity index (χ1v) is 9.78. The van der Waals surface area contributed by atoms with E-state index in [1.165, 1.54) is 4.90 Å². The molecule has 1 atom stereocenters. The Morgan fingerprint density at radius 2 is 1.53 bits per heavy atom. The molecule has 2 heterocycles. The fraction of sp³-hybridized carbons (Fsp3) is 0.167. The largest absolute Gasteiger partial charge is 0.454 e. The van der Waals surface area contributed by atoms with Crippen LogP contribution < -0.4 is 14.8 Å². The zero-order chi connectivity index (χ0) is 20.6. The molecule has 0 radical (unpaired) electrons. The van der Waals surface area contributed by atoms with E-state index in [1.807, 2.05) is 72.8 Å². The van der Waals surface area contributed by atoms with E-state index in [0.717, 1.165) is 16.7 Å².